The van der Waals surface area contributed by atoms with E-state index in [0.717, 1.165) is 0 Å². The Bertz CT molecular complexity index is 911. The Kier molecular flexibility index (Phi) is 5.52. The summed E-state index contributed by atoms with van der Waals surface area (Å²) in [6, 6.07) is 8.44. The molecule has 0 unspecified atom stereocenters. The van der Waals surface area contributed by atoms with Crippen LogP contribution in [0.25, 0.3) is 0 Å². The largest absolute Gasteiger partial charge is 0.481 e. The molecule has 1 aliphatic heterocycles. The number of allylic oxidation sites excluding steroid dienone is 1. The van der Waals surface area contributed by atoms with Crippen molar-refractivity contribution < 1.29 is 9.66 Å². The summed E-state index contributed by atoms with van der Waals surface area (Å²) in [5.74, 6) is 6.93. The molecular weight excluding hydrogens is 346 g/mol. The normalized spacial score (nSPS) is 13.5. The first-order valence-corrected chi connectivity index (χ1v) is 8.40. The molecule has 2 aromatic rings. The quantitative estimate of drug-likeness (QED) is 0.466. The number of nitro groups is 1. The van der Waals surface area contributed by atoms with Crippen molar-refractivity contribution in [1.29, 1.82) is 0 Å². The van der Waals surface area contributed by atoms with Crippen LogP contribution in [0.15, 0.2) is 48.8 Å². The lowest BCUT2D eigenvalue weighted by Crippen LogP contribution is -2.46. The molecule has 3 heterocycles. The number of hydrogen-bond acceptors (Lipinski definition) is 7. The smallest absolute Gasteiger partial charge is 0.311 e. The van der Waals surface area contributed by atoms with E-state index in [-0.39, 0.29) is 5.69 Å². The molecule has 1 saturated heterocycles. The number of anilines is 1. The van der Waals surface area contributed by atoms with E-state index in [1.807, 2.05) is 11.0 Å². The summed E-state index contributed by atoms with van der Waals surface area (Å²) in [6.07, 6.45) is 1.57. The van der Waals surface area contributed by atoms with Crippen molar-refractivity contribution in [2.24, 2.45) is 0 Å². The molecule has 0 spiro atoms. The van der Waals surface area contributed by atoms with Gasteiger partial charge in [0.2, 0.25) is 11.7 Å². The second-order valence-corrected chi connectivity index (χ2v) is 5.84. The van der Waals surface area contributed by atoms with Crippen LogP contribution in [0, 0.1) is 22.0 Å². The van der Waals surface area contributed by atoms with Crippen LogP contribution in [-0.2, 0) is 0 Å². The molecular formula is C19H19N5O3. The molecule has 0 N–H and O–H groups in total. The Hall–Kier alpha value is -3.60. The average Bonchev–Trinajstić information content (AvgIpc) is 2.72. The molecule has 3 rings (SSSR count). The van der Waals surface area contributed by atoms with Crippen molar-refractivity contribution in [3.63, 3.8) is 0 Å². The van der Waals surface area contributed by atoms with Crippen molar-refractivity contribution >= 4 is 11.5 Å². The first-order valence-electron chi connectivity index (χ1n) is 8.40. The molecule has 8 nitrogen and oxygen atoms in total. The SMILES string of the molecule is C=C(C#Cc1cccc(OC)n1)N1CCN(c2ncccc2[N+](=O)[O-])CC1. The maximum absolute atomic E-state index is 11.2. The molecule has 1 aliphatic rings. The number of pyridine rings is 2. The van der Waals surface area contributed by atoms with Crippen molar-refractivity contribution in [2.45, 2.75) is 0 Å². The monoisotopic (exact) mass is 365 g/mol. The van der Waals surface area contributed by atoms with E-state index in [1.165, 1.54) is 6.07 Å². The van der Waals surface area contributed by atoms with Gasteiger partial charge in [-0.3, -0.25) is 10.1 Å². The Balaban J connectivity index is 1.63. The Morgan fingerprint density at radius 1 is 1.26 bits per heavy atom. The maximum Gasteiger partial charge on any atom is 0.311 e. The highest BCUT2D eigenvalue weighted by Gasteiger charge is 2.24. The van der Waals surface area contributed by atoms with Crippen LogP contribution in [0.1, 0.15) is 5.69 Å². The van der Waals surface area contributed by atoms with E-state index in [9.17, 15) is 10.1 Å². The lowest BCUT2D eigenvalue weighted by molar-refractivity contribution is -0.384. The number of rotatable bonds is 4. The summed E-state index contributed by atoms with van der Waals surface area (Å²) >= 11 is 0. The Morgan fingerprint density at radius 2 is 2.04 bits per heavy atom. The third kappa shape index (κ3) is 4.33. The summed E-state index contributed by atoms with van der Waals surface area (Å²) in [4.78, 5) is 23.2. The predicted octanol–water partition coefficient (Wildman–Crippen LogP) is 2.08. The van der Waals surface area contributed by atoms with Gasteiger partial charge >= 0.3 is 5.69 Å². The van der Waals surface area contributed by atoms with Crippen LogP contribution in [0.5, 0.6) is 5.88 Å². The number of aromatic nitrogens is 2. The molecule has 0 radical (unpaired) electrons. The highest BCUT2D eigenvalue weighted by Crippen LogP contribution is 2.26. The van der Waals surface area contributed by atoms with Crippen LogP contribution < -0.4 is 9.64 Å². The molecule has 0 amide bonds. The fourth-order valence-electron chi connectivity index (χ4n) is 2.78. The number of nitrogens with zero attached hydrogens (tertiary/aromatic N) is 5. The van der Waals surface area contributed by atoms with Crippen LogP contribution in [0.4, 0.5) is 11.5 Å². The third-order valence-electron chi connectivity index (χ3n) is 4.19. The topological polar surface area (TPSA) is 84.6 Å². The highest BCUT2D eigenvalue weighted by atomic mass is 16.6. The highest BCUT2D eigenvalue weighted by molar-refractivity contribution is 5.57. The molecule has 27 heavy (non-hydrogen) atoms. The first kappa shape index (κ1) is 18.2. The average molecular weight is 365 g/mol. The zero-order valence-corrected chi connectivity index (χ0v) is 15.0. The first-order chi connectivity index (χ1) is 13.1. The number of hydrogen-bond donors (Lipinski definition) is 0. The molecule has 0 aromatic carbocycles. The Morgan fingerprint density at radius 3 is 2.74 bits per heavy atom. The van der Waals surface area contributed by atoms with E-state index < -0.39 is 4.92 Å². The minimum atomic E-state index is -0.403. The summed E-state index contributed by atoms with van der Waals surface area (Å²) in [7, 11) is 1.56. The van der Waals surface area contributed by atoms with Gasteiger partial charge in [0.1, 0.15) is 5.69 Å². The predicted molar refractivity (Wildman–Crippen MR) is 101 cm³/mol. The van der Waals surface area contributed by atoms with Gasteiger partial charge < -0.3 is 14.5 Å². The lowest BCUT2D eigenvalue weighted by Gasteiger charge is -2.35. The van der Waals surface area contributed by atoms with Crippen LogP contribution in [-0.4, -0.2) is 53.1 Å². The van der Waals surface area contributed by atoms with Crippen molar-refractivity contribution in [2.75, 3.05) is 38.2 Å². The molecule has 2 aromatic heterocycles. The summed E-state index contributed by atoms with van der Waals surface area (Å²) in [5, 5.41) is 11.2. The van der Waals surface area contributed by atoms with E-state index in [2.05, 4.69) is 33.3 Å². The summed E-state index contributed by atoms with van der Waals surface area (Å²) < 4.78 is 5.09. The standard InChI is InChI=1S/C19H19N5O3/c1-15(8-9-16-5-3-7-18(21-16)27-2)22-11-13-23(14-12-22)19-17(24(25)26)6-4-10-20-19/h3-7,10H,1,11-14H2,2H3. The van der Waals surface area contributed by atoms with E-state index in [0.29, 0.717) is 49.3 Å². The van der Waals surface area contributed by atoms with Crippen molar-refractivity contribution in [1.82, 2.24) is 14.9 Å². The number of piperazine rings is 1. The molecule has 1 fully saturated rings. The maximum atomic E-state index is 11.2. The van der Waals surface area contributed by atoms with Crippen LogP contribution >= 0.6 is 0 Å². The van der Waals surface area contributed by atoms with Gasteiger partial charge in [0.25, 0.3) is 0 Å². The summed E-state index contributed by atoms with van der Waals surface area (Å²) in [6.45, 7) is 6.56. The zero-order chi connectivity index (χ0) is 19.2. The second kappa shape index (κ2) is 8.19. The molecule has 8 heteroatoms. The molecule has 0 atom stereocenters. The van der Waals surface area contributed by atoms with Gasteiger partial charge in [0, 0.05) is 44.5 Å². The van der Waals surface area contributed by atoms with E-state index in [1.54, 1.807) is 31.5 Å². The molecule has 0 bridgehead atoms. The van der Waals surface area contributed by atoms with E-state index in [4.69, 9.17) is 4.74 Å². The number of methoxy groups -OCH3 is 1. The van der Waals surface area contributed by atoms with Gasteiger partial charge in [0.15, 0.2) is 0 Å². The van der Waals surface area contributed by atoms with Gasteiger partial charge in [-0.05, 0) is 24.0 Å². The van der Waals surface area contributed by atoms with Crippen molar-refractivity contribution in [3.8, 4) is 17.7 Å². The third-order valence-corrected chi connectivity index (χ3v) is 4.19. The van der Waals surface area contributed by atoms with Crippen LogP contribution in [0.3, 0.4) is 0 Å². The van der Waals surface area contributed by atoms with E-state index >= 15 is 0 Å². The minimum absolute atomic E-state index is 0.0219. The van der Waals surface area contributed by atoms with Gasteiger partial charge in [-0.25, -0.2) is 9.97 Å². The van der Waals surface area contributed by atoms with Gasteiger partial charge in [-0.15, -0.1) is 0 Å². The van der Waals surface area contributed by atoms with Gasteiger partial charge in [-0.1, -0.05) is 12.6 Å². The lowest BCUT2D eigenvalue weighted by atomic mass is 10.2. The molecule has 0 aliphatic carbocycles. The summed E-state index contributed by atoms with van der Waals surface area (Å²) in [5.41, 5.74) is 1.32. The van der Waals surface area contributed by atoms with Gasteiger partial charge in [-0.2, -0.15) is 0 Å². The van der Waals surface area contributed by atoms with Gasteiger partial charge in [0.05, 0.1) is 17.7 Å². The number of ether oxygens (including phenoxy) is 1. The second-order valence-electron chi connectivity index (χ2n) is 5.84. The fraction of sp³-hybridized carbons (Fsp3) is 0.263. The Labute approximate surface area is 157 Å². The fourth-order valence-corrected chi connectivity index (χ4v) is 2.78. The van der Waals surface area contributed by atoms with Crippen LogP contribution in [0.2, 0.25) is 0 Å². The molecule has 0 saturated carbocycles. The molecule has 138 valence electrons. The minimum Gasteiger partial charge on any atom is -0.481 e. The zero-order valence-electron chi connectivity index (χ0n) is 15.0. The van der Waals surface area contributed by atoms with Crippen molar-refractivity contribution in [3.05, 3.63) is 64.6 Å².